The normalized spacial score (nSPS) is 26.7. The molecule has 0 aromatic rings. The monoisotopic (exact) mass is 265 g/mol. The average molecular weight is 265 g/mol. The minimum atomic E-state index is -0.505. The van der Waals surface area contributed by atoms with E-state index in [1.54, 1.807) is 4.90 Å². The van der Waals surface area contributed by atoms with E-state index in [9.17, 15) is 9.90 Å². The minimum absolute atomic E-state index is 0.0462. The Bertz CT molecular complexity index is 406. The summed E-state index contributed by atoms with van der Waals surface area (Å²) in [6, 6.07) is -0.237. The molecule has 0 spiro atoms. The molecule has 106 valence electrons. The summed E-state index contributed by atoms with van der Waals surface area (Å²) in [6.45, 7) is 6.17. The van der Waals surface area contributed by atoms with Gasteiger partial charge in [-0.15, -0.1) is 0 Å². The number of aliphatic hydroxyl groups excluding tert-OH is 1. The molecule has 1 fully saturated rings. The Morgan fingerprint density at radius 1 is 1.53 bits per heavy atom. The maximum Gasteiger partial charge on any atom is 0.410 e. The molecule has 4 heteroatoms. The quantitative estimate of drug-likeness (QED) is 0.792. The van der Waals surface area contributed by atoms with Gasteiger partial charge in [0.2, 0.25) is 0 Å². The van der Waals surface area contributed by atoms with E-state index >= 15 is 0 Å². The Kier molecular flexibility index (Phi) is 3.99. The number of hydrogen-bond acceptors (Lipinski definition) is 3. The van der Waals surface area contributed by atoms with Crippen LogP contribution in [-0.4, -0.2) is 40.9 Å². The zero-order valence-corrected chi connectivity index (χ0v) is 11.9. The average Bonchev–Trinajstić information content (AvgIpc) is 2.35. The van der Waals surface area contributed by atoms with Crippen LogP contribution in [0.3, 0.4) is 0 Å². The van der Waals surface area contributed by atoms with Gasteiger partial charge in [-0.05, 0) is 45.1 Å². The van der Waals surface area contributed by atoms with Crippen molar-refractivity contribution in [3.63, 3.8) is 0 Å². The molecular weight excluding hydrogens is 242 g/mol. The van der Waals surface area contributed by atoms with Gasteiger partial charge in [0.05, 0.1) is 12.6 Å². The van der Waals surface area contributed by atoms with E-state index in [1.807, 2.05) is 32.9 Å². The molecule has 2 unspecified atom stereocenters. The Morgan fingerprint density at radius 2 is 2.26 bits per heavy atom. The van der Waals surface area contributed by atoms with Gasteiger partial charge < -0.3 is 9.84 Å². The highest BCUT2D eigenvalue weighted by molar-refractivity contribution is 5.69. The SMILES string of the molecule is CC(C)(C)OC(=O)N1CCC2CC=CC=C2C1CO. The van der Waals surface area contributed by atoms with Crippen molar-refractivity contribution in [3.05, 3.63) is 23.8 Å². The molecule has 1 aliphatic heterocycles. The predicted molar refractivity (Wildman–Crippen MR) is 73.8 cm³/mol. The van der Waals surface area contributed by atoms with Crippen LogP contribution in [0.1, 0.15) is 33.6 Å². The van der Waals surface area contributed by atoms with Gasteiger partial charge in [0.15, 0.2) is 0 Å². The number of allylic oxidation sites excluding steroid dienone is 3. The molecule has 1 N–H and O–H groups in total. The van der Waals surface area contributed by atoms with Crippen molar-refractivity contribution in [2.24, 2.45) is 5.92 Å². The molecule has 1 heterocycles. The summed E-state index contributed by atoms with van der Waals surface area (Å²) < 4.78 is 5.42. The van der Waals surface area contributed by atoms with E-state index in [0.29, 0.717) is 12.5 Å². The minimum Gasteiger partial charge on any atom is -0.444 e. The first-order valence-electron chi connectivity index (χ1n) is 6.89. The van der Waals surface area contributed by atoms with Gasteiger partial charge in [-0.3, -0.25) is 4.90 Å². The topological polar surface area (TPSA) is 49.8 Å². The molecule has 2 rings (SSSR count). The van der Waals surface area contributed by atoms with Gasteiger partial charge in [-0.1, -0.05) is 18.2 Å². The Morgan fingerprint density at radius 3 is 2.89 bits per heavy atom. The van der Waals surface area contributed by atoms with Gasteiger partial charge in [0, 0.05) is 6.54 Å². The van der Waals surface area contributed by atoms with E-state index in [4.69, 9.17) is 4.74 Å². The van der Waals surface area contributed by atoms with Crippen LogP contribution in [0.5, 0.6) is 0 Å². The Balaban J connectivity index is 2.15. The maximum atomic E-state index is 12.2. The van der Waals surface area contributed by atoms with Crippen LogP contribution >= 0.6 is 0 Å². The second kappa shape index (κ2) is 5.37. The van der Waals surface area contributed by atoms with E-state index in [0.717, 1.165) is 18.4 Å². The van der Waals surface area contributed by atoms with Gasteiger partial charge >= 0.3 is 6.09 Å². The molecule has 0 saturated carbocycles. The van der Waals surface area contributed by atoms with Crippen molar-refractivity contribution >= 4 is 6.09 Å². The van der Waals surface area contributed by atoms with Crippen molar-refractivity contribution in [1.82, 2.24) is 4.90 Å². The van der Waals surface area contributed by atoms with Crippen molar-refractivity contribution in [2.75, 3.05) is 13.2 Å². The van der Waals surface area contributed by atoms with E-state index in [1.165, 1.54) is 0 Å². The Labute approximate surface area is 114 Å². The molecule has 2 atom stereocenters. The molecule has 1 amide bonds. The lowest BCUT2D eigenvalue weighted by Crippen LogP contribution is -2.51. The summed E-state index contributed by atoms with van der Waals surface area (Å²) >= 11 is 0. The highest BCUT2D eigenvalue weighted by Gasteiger charge is 2.37. The highest BCUT2D eigenvalue weighted by atomic mass is 16.6. The van der Waals surface area contributed by atoms with Gasteiger partial charge in [0.25, 0.3) is 0 Å². The number of carbonyl (C=O) groups is 1. The summed E-state index contributed by atoms with van der Waals surface area (Å²) in [5.41, 5.74) is 0.650. The van der Waals surface area contributed by atoms with E-state index in [-0.39, 0.29) is 18.7 Å². The summed E-state index contributed by atoms with van der Waals surface area (Å²) in [6.07, 6.45) is 7.79. The highest BCUT2D eigenvalue weighted by Crippen LogP contribution is 2.34. The molecular formula is C15H23NO3. The number of likely N-dealkylation sites (tertiary alicyclic amines) is 1. The summed E-state index contributed by atoms with van der Waals surface area (Å²) in [5, 5.41) is 9.63. The molecule has 1 saturated heterocycles. The predicted octanol–water partition coefficient (Wildman–Crippen LogP) is 2.49. The van der Waals surface area contributed by atoms with E-state index in [2.05, 4.69) is 6.08 Å². The molecule has 4 nitrogen and oxygen atoms in total. The first-order chi connectivity index (χ1) is 8.92. The molecule has 1 aliphatic carbocycles. The summed E-state index contributed by atoms with van der Waals surface area (Å²) in [7, 11) is 0. The number of ether oxygens (including phenoxy) is 1. The number of rotatable bonds is 1. The smallest absolute Gasteiger partial charge is 0.410 e. The van der Waals surface area contributed by atoms with Crippen molar-refractivity contribution in [2.45, 2.75) is 45.3 Å². The van der Waals surface area contributed by atoms with Crippen LogP contribution in [-0.2, 0) is 4.74 Å². The van der Waals surface area contributed by atoms with Gasteiger partial charge in [0.1, 0.15) is 5.60 Å². The van der Waals surface area contributed by atoms with Gasteiger partial charge in [-0.25, -0.2) is 4.79 Å². The number of fused-ring (bicyclic) bond motifs is 1. The fourth-order valence-electron chi connectivity index (χ4n) is 2.74. The molecule has 0 bridgehead atoms. The number of piperidine rings is 1. The second-order valence-corrected chi connectivity index (χ2v) is 6.19. The van der Waals surface area contributed by atoms with Crippen LogP contribution in [0, 0.1) is 5.92 Å². The first kappa shape index (κ1) is 14.1. The van der Waals surface area contributed by atoms with Crippen LogP contribution in [0.25, 0.3) is 0 Å². The van der Waals surface area contributed by atoms with E-state index < -0.39 is 5.60 Å². The number of hydrogen-bond donors (Lipinski definition) is 1. The van der Waals surface area contributed by atoms with Gasteiger partial charge in [-0.2, -0.15) is 0 Å². The Hall–Kier alpha value is -1.29. The third-order valence-corrected chi connectivity index (χ3v) is 3.60. The summed E-state index contributed by atoms with van der Waals surface area (Å²) in [4.78, 5) is 13.9. The van der Waals surface area contributed by atoms with Crippen molar-refractivity contribution in [3.8, 4) is 0 Å². The summed E-state index contributed by atoms with van der Waals surface area (Å²) in [5.74, 6) is 0.459. The number of carbonyl (C=O) groups excluding carboxylic acids is 1. The largest absolute Gasteiger partial charge is 0.444 e. The standard InChI is InChI=1S/C15H23NO3/c1-15(2,3)19-14(18)16-9-8-11-6-4-5-7-12(11)13(16)10-17/h4-5,7,11,13,17H,6,8-10H2,1-3H3. The lowest BCUT2D eigenvalue weighted by Gasteiger charge is -2.41. The number of amides is 1. The molecule has 19 heavy (non-hydrogen) atoms. The lowest BCUT2D eigenvalue weighted by atomic mass is 9.81. The molecule has 2 aliphatic rings. The number of aliphatic hydroxyl groups is 1. The van der Waals surface area contributed by atoms with Crippen molar-refractivity contribution in [1.29, 1.82) is 0 Å². The first-order valence-corrected chi connectivity index (χ1v) is 6.89. The third-order valence-electron chi connectivity index (χ3n) is 3.60. The zero-order valence-electron chi connectivity index (χ0n) is 11.9. The van der Waals surface area contributed by atoms with Crippen LogP contribution in [0.15, 0.2) is 23.8 Å². The molecule has 0 aromatic carbocycles. The fourth-order valence-corrected chi connectivity index (χ4v) is 2.74. The fraction of sp³-hybridized carbons (Fsp3) is 0.667. The molecule has 0 radical (unpaired) electrons. The zero-order chi connectivity index (χ0) is 14.0. The van der Waals surface area contributed by atoms with Crippen LogP contribution < -0.4 is 0 Å². The maximum absolute atomic E-state index is 12.2. The van der Waals surface area contributed by atoms with Crippen LogP contribution in [0.2, 0.25) is 0 Å². The third kappa shape index (κ3) is 3.18. The second-order valence-electron chi connectivity index (χ2n) is 6.19. The lowest BCUT2D eigenvalue weighted by molar-refractivity contribution is 0.00649. The number of nitrogens with zero attached hydrogens (tertiary/aromatic N) is 1. The molecule has 0 aromatic heterocycles. The van der Waals surface area contributed by atoms with Crippen molar-refractivity contribution < 1.29 is 14.6 Å². The van der Waals surface area contributed by atoms with Crippen LogP contribution in [0.4, 0.5) is 4.79 Å².